The molecule has 5 nitrogen and oxygen atoms in total. The van der Waals surface area contributed by atoms with Crippen LogP contribution in [-0.4, -0.2) is 19.9 Å². The first-order valence-electron chi connectivity index (χ1n) is 5.80. The van der Waals surface area contributed by atoms with Crippen molar-refractivity contribution in [2.24, 2.45) is 7.05 Å². The summed E-state index contributed by atoms with van der Waals surface area (Å²) in [6, 6.07) is 5.67. The van der Waals surface area contributed by atoms with Crippen LogP contribution in [0.1, 0.15) is 22.8 Å². The van der Waals surface area contributed by atoms with Crippen LogP contribution in [0.5, 0.6) is 5.75 Å². The highest BCUT2D eigenvalue weighted by molar-refractivity contribution is 5.29. The highest BCUT2D eigenvalue weighted by Gasteiger charge is 2.07. The van der Waals surface area contributed by atoms with Gasteiger partial charge in [0.2, 0.25) is 0 Å². The Kier molecular flexibility index (Phi) is 3.62. The molecule has 2 aromatic heterocycles. The molecule has 0 bridgehead atoms. The maximum absolute atomic E-state index is 9.24. The van der Waals surface area contributed by atoms with Crippen LogP contribution in [0.2, 0.25) is 0 Å². The van der Waals surface area contributed by atoms with E-state index in [0.29, 0.717) is 18.1 Å². The van der Waals surface area contributed by atoms with Gasteiger partial charge < -0.3 is 9.84 Å². The molecular formula is C13H17N3O2. The first kappa shape index (κ1) is 12.6. The molecule has 5 heteroatoms. The average Bonchev–Trinajstić information content (AvgIpc) is 2.66. The van der Waals surface area contributed by atoms with Gasteiger partial charge >= 0.3 is 0 Å². The van der Waals surface area contributed by atoms with Crippen molar-refractivity contribution in [3.8, 4) is 5.75 Å². The van der Waals surface area contributed by atoms with Gasteiger partial charge in [0.25, 0.3) is 0 Å². The van der Waals surface area contributed by atoms with E-state index < -0.39 is 0 Å². The van der Waals surface area contributed by atoms with Crippen molar-refractivity contribution in [3.05, 3.63) is 41.0 Å². The summed E-state index contributed by atoms with van der Waals surface area (Å²) in [6.07, 6.45) is 0. The minimum atomic E-state index is -0.124. The molecule has 0 saturated carbocycles. The predicted molar refractivity (Wildman–Crippen MR) is 67.2 cm³/mol. The topological polar surface area (TPSA) is 60.2 Å². The van der Waals surface area contributed by atoms with Crippen LogP contribution >= 0.6 is 0 Å². The van der Waals surface area contributed by atoms with E-state index >= 15 is 0 Å². The second-order valence-electron chi connectivity index (χ2n) is 4.24. The number of hydrogen-bond acceptors (Lipinski definition) is 4. The van der Waals surface area contributed by atoms with Crippen molar-refractivity contribution in [3.63, 3.8) is 0 Å². The van der Waals surface area contributed by atoms with E-state index in [1.807, 2.05) is 39.1 Å². The fraction of sp³-hybridized carbons (Fsp3) is 0.385. The lowest BCUT2D eigenvalue weighted by atomic mass is 10.3. The Morgan fingerprint density at radius 3 is 2.67 bits per heavy atom. The molecule has 0 spiro atoms. The summed E-state index contributed by atoms with van der Waals surface area (Å²) < 4.78 is 7.47. The van der Waals surface area contributed by atoms with Crippen LogP contribution in [0.4, 0.5) is 0 Å². The molecule has 96 valence electrons. The number of hydrogen-bond donors (Lipinski definition) is 1. The van der Waals surface area contributed by atoms with Gasteiger partial charge in [-0.2, -0.15) is 5.10 Å². The molecule has 2 rings (SSSR count). The van der Waals surface area contributed by atoms with Gasteiger partial charge in [-0.1, -0.05) is 0 Å². The predicted octanol–water partition coefficient (Wildman–Crippen LogP) is 1.50. The zero-order valence-corrected chi connectivity index (χ0v) is 10.8. The lowest BCUT2D eigenvalue weighted by Gasteiger charge is -2.10. The lowest BCUT2D eigenvalue weighted by Crippen LogP contribution is -2.05. The second kappa shape index (κ2) is 5.18. The third-order valence-electron chi connectivity index (χ3n) is 2.70. The summed E-state index contributed by atoms with van der Waals surface area (Å²) in [7, 11) is 1.88. The number of aryl methyl sites for hydroxylation is 3. The fourth-order valence-corrected chi connectivity index (χ4v) is 1.79. The Morgan fingerprint density at radius 1 is 1.28 bits per heavy atom. The van der Waals surface area contributed by atoms with Gasteiger partial charge in [-0.3, -0.25) is 9.67 Å². The van der Waals surface area contributed by atoms with Gasteiger partial charge in [-0.25, -0.2) is 0 Å². The Balaban J connectivity index is 2.13. The molecule has 0 aliphatic rings. The molecule has 0 atom stereocenters. The quantitative estimate of drug-likeness (QED) is 0.889. The molecule has 0 fully saturated rings. The minimum Gasteiger partial charge on any atom is -0.485 e. The van der Waals surface area contributed by atoms with Crippen LogP contribution < -0.4 is 4.74 Å². The van der Waals surface area contributed by atoms with E-state index in [1.54, 1.807) is 4.68 Å². The van der Waals surface area contributed by atoms with Gasteiger partial charge in [0.15, 0.2) is 0 Å². The Labute approximate surface area is 106 Å². The van der Waals surface area contributed by atoms with Gasteiger partial charge in [0.05, 0.1) is 18.0 Å². The van der Waals surface area contributed by atoms with Crippen molar-refractivity contribution in [1.29, 1.82) is 0 Å². The molecule has 0 amide bonds. The monoisotopic (exact) mass is 247 g/mol. The SMILES string of the molecule is Cc1ccc(OCc2cc(C)nn2C)c(CO)n1. The zero-order chi connectivity index (χ0) is 13.1. The summed E-state index contributed by atoms with van der Waals surface area (Å²) in [5, 5.41) is 13.5. The third kappa shape index (κ3) is 2.68. The number of nitrogens with zero attached hydrogens (tertiary/aromatic N) is 3. The van der Waals surface area contributed by atoms with Crippen molar-refractivity contribution in [2.75, 3.05) is 0 Å². The molecule has 1 N–H and O–H groups in total. The van der Waals surface area contributed by atoms with Gasteiger partial charge in [0.1, 0.15) is 18.1 Å². The standard InChI is InChI=1S/C13H17N3O2/c1-9-4-5-13(12(7-17)14-9)18-8-11-6-10(2)15-16(11)3/h4-6,17H,7-8H2,1-3H3. The molecule has 0 saturated heterocycles. The van der Waals surface area contributed by atoms with Gasteiger partial charge in [-0.05, 0) is 32.0 Å². The summed E-state index contributed by atoms with van der Waals surface area (Å²) in [6.45, 7) is 4.11. The van der Waals surface area contributed by atoms with Crippen molar-refractivity contribution in [1.82, 2.24) is 14.8 Å². The van der Waals surface area contributed by atoms with E-state index in [9.17, 15) is 5.11 Å². The zero-order valence-electron chi connectivity index (χ0n) is 10.8. The van der Waals surface area contributed by atoms with E-state index in [0.717, 1.165) is 17.1 Å². The summed E-state index contributed by atoms with van der Waals surface area (Å²) in [5.74, 6) is 0.613. The highest BCUT2D eigenvalue weighted by atomic mass is 16.5. The lowest BCUT2D eigenvalue weighted by molar-refractivity contribution is 0.250. The molecule has 2 aromatic rings. The second-order valence-corrected chi connectivity index (χ2v) is 4.24. The first-order valence-corrected chi connectivity index (χ1v) is 5.80. The molecule has 0 aliphatic carbocycles. The average molecular weight is 247 g/mol. The number of aromatic nitrogens is 3. The molecule has 18 heavy (non-hydrogen) atoms. The van der Waals surface area contributed by atoms with Gasteiger partial charge in [-0.15, -0.1) is 0 Å². The molecule has 0 aromatic carbocycles. The number of aliphatic hydroxyl groups is 1. The van der Waals surface area contributed by atoms with Gasteiger partial charge in [0, 0.05) is 12.7 Å². The van der Waals surface area contributed by atoms with Crippen LogP contribution in [0.25, 0.3) is 0 Å². The summed E-state index contributed by atoms with van der Waals surface area (Å²) >= 11 is 0. The van der Waals surface area contributed by atoms with Crippen molar-refractivity contribution in [2.45, 2.75) is 27.1 Å². The fourth-order valence-electron chi connectivity index (χ4n) is 1.79. The molecule has 0 aliphatic heterocycles. The van der Waals surface area contributed by atoms with Crippen molar-refractivity contribution < 1.29 is 9.84 Å². The smallest absolute Gasteiger partial charge is 0.143 e. The molecule has 0 unspecified atom stereocenters. The van der Waals surface area contributed by atoms with E-state index in [1.165, 1.54) is 0 Å². The van der Waals surface area contributed by atoms with Crippen LogP contribution in [0.3, 0.4) is 0 Å². The summed E-state index contributed by atoms with van der Waals surface area (Å²) in [4.78, 5) is 4.23. The van der Waals surface area contributed by atoms with Crippen molar-refractivity contribution >= 4 is 0 Å². The van der Waals surface area contributed by atoms with Crippen LogP contribution in [0.15, 0.2) is 18.2 Å². The maximum Gasteiger partial charge on any atom is 0.143 e. The highest BCUT2D eigenvalue weighted by Crippen LogP contribution is 2.18. The van der Waals surface area contributed by atoms with E-state index in [-0.39, 0.29) is 6.61 Å². The Bertz CT molecular complexity index is 549. The maximum atomic E-state index is 9.24. The van der Waals surface area contributed by atoms with Crippen LogP contribution in [0, 0.1) is 13.8 Å². The molecule has 0 radical (unpaired) electrons. The summed E-state index contributed by atoms with van der Waals surface area (Å²) in [5.41, 5.74) is 3.37. The minimum absolute atomic E-state index is 0.124. The molecule has 2 heterocycles. The van der Waals surface area contributed by atoms with E-state index in [2.05, 4.69) is 10.1 Å². The number of aliphatic hydroxyl groups excluding tert-OH is 1. The number of ether oxygens (including phenoxy) is 1. The first-order chi connectivity index (χ1) is 8.60. The van der Waals surface area contributed by atoms with Crippen LogP contribution in [-0.2, 0) is 20.3 Å². The Hall–Kier alpha value is -1.88. The Morgan fingerprint density at radius 2 is 2.06 bits per heavy atom. The van der Waals surface area contributed by atoms with E-state index in [4.69, 9.17) is 4.74 Å². The third-order valence-corrected chi connectivity index (χ3v) is 2.70. The molecular weight excluding hydrogens is 230 g/mol. The normalized spacial score (nSPS) is 10.7. The number of rotatable bonds is 4. The largest absolute Gasteiger partial charge is 0.485 e. The number of pyridine rings is 1.